The molecule has 0 bridgehead atoms. The van der Waals surface area contributed by atoms with E-state index in [1.54, 1.807) is 112 Å². The van der Waals surface area contributed by atoms with Crippen molar-refractivity contribution in [3.05, 3.63) is 311 Å². The summed E-state index contributed by atoms with van der Waals surface area (Å²) in [6.07, 6.45) is 3.06. The zero-order valence-electron chi connectivity index (χ0n) is 58.5. The molecule has 18 heteroatoms. The average Bonchev–Trinajstić information content (AvgIpc) is 0.824. The molecular formula is C87H72O18. The Kier molecular flexibility index (Phi) is 27.4. The molecule has 9 aromatic rings. The van der Waals surface area contributed by atoms with Crippen LogP contribution in [0.25, 0.3) is 66.8 Å². The predicted octanol–water partition coefficient (Wildman–Crippen LogP) is 18.2. The molecule has 0 amide bonds. The lowest BCUT2D eigenvalue weighted by Gasteiger charge is -2.13. The van der Waals surface area contributed by atoms with Crippen LogP contribution in [-0.4, -0.2) is 53.7 Å². The molecule has 105 heavy (non-hydrogen) atoms. The first kappa shape index (κ1) is 78.2. The van der Waals surface area contributed by atoms with Crippen molar-refractivity contribution in [1.29, 1.82) is 0 Å². The molecule has 528 valence electrons. The second-order valence-electron chi connectivity index (χ2n) is 23.2. The third-order valence-corrected chi connectivity index (χ3v) is 14.5. The lowest BCUT2D eigenvalue weighted by molar-refractivity contribution is -0.132. The number of ether oxygens (including phenoxy) is 9. The molecule has 0 unspecified atom stereocenters. The Balaban J connectivity index is 0.000000220. The Morgan fingerprint density at radius 2 is 0.362 bits per heavy atom. The summed E-state index contributed by atoms with van der Waals surface area (Å²) in [5, 5.41) is 0. The van der Waals surface area contributed by atoms with E-state index >= 15 is 0 Å². The summed E-state index contributed by atoms with van der Waals surface area (Å²) in [5.74, 6) is -3.46. The quantitative estimate of drug-likeness (QED) is 0.0310. The Morgan fingerprint density at radius 3 is 0.571 bits per heavy atom. The summed E-state index contributed by atoms with van der Waals surface area (Å²) in [5.41, 5.74) is 12.1. The van der Waals surface area contributed by atoms with E-state index in [2.05, 4.69) is 59.2 Å². The first-order valence-electron chi connectivity index (χ1n) is 31.9. The normalized spacial score (nSPS) is 10.1. The van der Waals surface area contributed by atoms with Gasteiger partial charge in [-0.25, -0.2) is 43.2 Å². The second kappa shape index (κ2) is 36.8. The van der Waals surface area contributed by atoms with Gasteiger partial charge in [-0.1, -0.05) is 187 Å². The topological polar surface area (TPSA) is 237 Å². The minimum absolute atomic E-state index is 0.0848. The Morgan fingerprint density at radius 1 is 0.210 bits per heavy atom. The molecule has 0 heterocycles. The molecule has 18 nitrogen and oxygen atoms in total. The highest BCUT2D eigenvalue weighted by Gasteiger charge is 2.20. The Hall–Kier alpha value is -14.1. The van der Waals surface area contributed by atoms with Crippen LogP contribution in [-0.2, 0) is 43.2 Å². The van der Waals surface area contributed by atoms with Crippen LogP contribution < -0.4 is 42.6 Å². The molecule has 0 aliphatic heterocycles. The first-order valence-corrected chi connectivity index (χ1v) is 31.9. The van der Waals surface area contributed by atoms with Crippen LogP contribution in [0.3, 0.4) is 0 Å². The van der Waals surface area contributed by atoms with Gasteiger partial charge in [-0.3, -0.25) is 0 Å². The first-order chi connectivity index (χ1) is 50.0. The number of hydrogen-bond donors (Lipinski definition) is 0. The number of carbonyl (C=O) groups excluding carboxylic acids is 9. The minimum atomic E-state index is -0.680. The van der Waals surface area contributed by atoms with Gasteiger partial charge in [0.25, 0.3) is 0 Å². The third kappa shape index (κ3) is 22.7. The highest BCUT2D eigenvalue weighted by molar-refractivity contribution is 5.94. The molecule has 0 saturated heterocycles. The fourth-order valence-corrected chi connectivity index (χ4v) is 8.86. The smallest absolute Gasteiger partial charge is 0.338 e. The maximum absolute atomic E-state index is 12.1. The van der Waals surface area contributed by atoms with Gasteiger partial charge in [-0.2, -0.15) is 0 Å². The van der Waals surface area contributed by atoms with E-state index in [0.29, 0.717) is 34.0 Å². The molecule has 0 aliphatic rings. The van der Waals surface area contributed by atoms with Crippen molar-refractivity contribution in [1.82, 2.24) is 0 Å². The van der Waals surface area contributed by atoms with Gasteiger partial charge in [0.05, 0.1) is 0 Å². The van der Waals surface area contributed by atoms with Crippen LogP contribution in [0.1, 0.15) is 41.5 Å². The maximum Gasteiger partial charge on any atom is 0.338 e. The van der Waals surface area contributed by atoms with Crippen LogP contribution in [0, 0.1) is 0 Å². The van der Waals surface area contributed by atoms with Gasteiger partial charge in [0.15, 0.2) is 34.5 Å². The van der Waals surface area contributed by atoms with Crippen molar-refractivity contribution in [3.8, 4) is 119 Å². The molecule has 0 radical (unpaired) electrons. The van der Waals surface area contributed by atoms with Crippen molar-refractivity contribution in [3.63, 3.8) is 0 Å². The van der Waals surface area contributed by atoms with Crippen LogP contribution >= 0.6 is 0 Å². The van der Waals surface area contributed by atoms with Crippen molar-refractivity contribution in [2.75, 3.05) is 0 Å². The van der Waals surface area contributed by atoms with Crippen LogP contribution in [0.15, 0.2) is 311 Å². The number of hydrogen-bond acceptors (Lipinski definition) is 18. The average molecular weight is 1410 g/mol. The minimum Gasteiger partial charge on any atom is -0.423 e. The predicted molar refractivity (Wildman–Crippen MR) is 402 cm³/mol. The lowest BCUT2D eigenvalue weighted by atomic mass is 10.00. The van der Waals surface area contributed by atoms with Gasteiger partial charge in [0.2, 0.25) is 0 Å². The van der Waals surface area contributed by atoms with Crippen molar-refractivity contribution in [2.24, 2.45) is 0 Å². The van der Waals surface area contributed by atoms with Crippen LogP contribution in [0.4, 0.5) is 0 Å². The van der Waals surface area contributed by atoms with Crippen LogP contribution in [0.2, 0.25) is 0 Å². The fourth-order valence-electron chi connectivity index (χ4n) is 8.86. The highest BCUT2D eigenvalue weighted by atomic mass is 16.6. The summed E-state index contributed by atoms with van der Waals surface area (Å²) in [7, 11) is 0. The van der Waals surface area contributed by atoms with Crippen molar-refractivity contribution < 1.29 is 85.8 Å². The second-order valence-corrected chi connectivity index (χ2v) is 23.2. The van der Waals surface area contributed by atoms with E-state index < -0.39 is 53.7 Å². The number of benzene rings is 9. The maximum atomic E-state index is 12.1. The summed E-state index contributed by atoms with van der Waals surface area (Å²) in [6.45, 7) is 40.9. The standard InChI is InChI=1S/C30H26O6.C29H24O6.C28H22O6/c1-18(2)28(31)34-25-14-11-22(12-15-25)21-7-9-23(10-8-21)24-13-16-26(35-29(32)19(3)4)27(17-24)36-30(33)20(5)6;1-6-27(30)34-26-17-23(13-16-25(26)35-29(32)19(4)5)22-9-7-20(8-10-22)21-11-14-24(15-12-21)33-28(31)18(2)3;1-5-26(29)33-24-16-13-22(17-25(24)34-27(30)6-2)21-9-7-19(8-10-21)20-11-14-23(15-12-20)32-28(31)18(3)4/h7-17H,1,3,5H2,2,4,6H3;6-17H,1-2,4H2,3,5H3;5-17H,1-3H2,4H3. The number of rotatable bonds is 24. The Labute approximate surface area is 607 Å². The Bertz CT molecular complexity index is 4930. The summed E-state index contributed by atoms with van der Waals surface area (Å²) in [6, 6.07) is 59.3. The molecule has 0 spiro atoms. The number of esters is 9. The number of carbonyl (C=O) groups is 9. The molecule has 9 rings (SSSR count). The molecule has 0 aromatic heterocycles. The highest BCUT2D eigenvalue weighted by Crippen LogP contribution is 2.39. The zero-order valence-corrected chi connectivity index (χ0v) is 58.5. The fraction of sp³-hybridized carbons (Fsp3) is 0.0690. The van der Waals surface area contributed by atoms with E-state index in [1.165, 1.54) is 20.8 Å². The molecular weight excluding hydrogens is 1330 g/mol. The largest absolute Gasteiger partial charge is 0.423 e. The van der Waals surface area contributed by atoms with Gasteiger partial charge >= 0.3 is 53.7 Å². The van der Waals surface area contributed by atoms with Gasteiger partial charge in [0.1, 0.15) is 17.2 Å². The zero-order chi connectivity index (χ0) is 76.6. The summed E-state index contributed by atoms with van der Waals surface area (Å²) in [4.78, 5) is 106. The molecule has 0 aliphatic carbocycles. The SMILES string of the molecule is C=C(C)C(=O)Oc1ccc(-c2ccc(-c3ccc(OC(=O)C(=C)C)c(OC(=O)C(=C)C)c3)cc2)cc1.C=CC(=O)Oc1cc(-c2ccc(-c3ccc(OC(=O)C(=C)C)cc3)cc2)ccc1OC(=O)C(=C)C.C=CC(=O)Oc1ccc(-c2ccc(-c3ccc(OC(=O)C(=C)C)cc3)cc2)cc1OC(=O)C=C. The van der Waals surface area contributed by atoms with E-state index in [1.807, 2.05) is 109 Å². The van der Waals surface area contributed by atoms with Crippen molar-refractivity contribution >= 4 is 53.7 Å². The van der Waals surface area contributed by atoms with E-state index in [-0.39, 0.29) is 51.2 Å². The van der Waals surface area contributed by atoms with Gasteiger partial charge in [-0.15, -0.1) is 0 Å². The van der Waals surface area contributed by atoms with E-state index in [9.17, 15) is 43.2 Å². The summed E-state index contributed by atoms with van der Waals surface area (Å²) >= 11 is 0. The van der Waals surface area contributed by atoms with Gasteiger partial charge < -0.3 is 42.6 Å². The van der Waals surface area contributed by atoms with Gasteiger partial charge in [-0.05, 0) is 181 Å². The lowest BCUT2D eigenvalue weighted by Crippen LogP contribution is -2.12. The van der Waals surface area contributed by atoms with Crippen LogP contribution in [0.5, 0.6) is 51.7 Å². The molecule has 0 fully saturated rings. The summed E-state index contributed by atoms with van der Waals surface area (Å²) < 4.78 is 47.3. The third-order valence-electron chi connectivity index (χ3n) is 14.5. The van der Waals surface area contributed by atoms with E-state index in [0.717, 1.165) is 85.0 Å². The molecule has 0 saturated carbocycles. The van der Waals surface area contributed by atoms with Crippen molar-refractivity contribution in [2.45, 2.75) is 41.5 Å². The molecule has 9 aromatic carbocycles. The van der Waals surface area contributed by atoms with Gasteiger partial charge in [0, 0.05) is 51.7 Å². The molecule has 0 atom stereocenters. The monoisotopic (exact) mass is 1400 g/mol. The van der Waals surface area contributed by atoms with E-state index in [4.69, 9.17) is 42.6 Å². The molecule has 0 N–H and O–H groups in total.